The van der Waals surface area contributed by atoms with E-state index >= 15 is 0 Å². The summed E-state index contributed by atoms with van der Waals surface area (Å²) in [5, 5.41) is 2.93. The number of rotatable bonds is 2. The second-order valence-electron chi connectivity index (χ2n) is 6.59. The predicted molar refractivity (Wildman–Crippen MR) is 95.0 cm³/mol. The highest BCUT2D eigenvalue weighted by Gasteiger charge is 2.33. The van der Waals surface area contributed by atoms with Crippen molar-refractivity contribution in [2.24, 2.45) is 0 Å². The second-order valence-corrected chi connectivity index (χ2v) is 6.59. The van der Waals surface area contributed by atoms with Crippen molar-refractivity contribution in [3.05, 3.63) is 71.8 Å². The molecule has 1 aliphatic heterocycles. The Morgan fingerprint density at radius 3 is 2.48 bits per heavy atom. The van der Waals surface area contributed by atoms with E-state index in [2.05, 4.69) is 49.3 Å². The van der Waals surface area contributed by atoms with Crippen LogP contribution in [-0.2, 0) is 11.2 Å². The van der Waals surface area contributed by atoms with Crippen LogP contribution in [0.2, 0.25) is 0 Å². The van der Waals surface area contributed by atoms with Crippen LogP contribution in [-0.4, -0.2) is 23.4 Å². The third kappa shape index (κ3) is 3.14. The molecule has 3 nitrogen and oxygen atoms in total. The summed E-state index contributed by atoms with van der Waals surface area (Å²) >= 11 is 0. The van der Waals surface area contributed by atoms with Gasteiger partial charge in [-0.1, -0.05) is 42.5 Å². The van der Waals surface area contributed by atoms with Crippen LogP contribution in [0.4, 0.5) is 5.69 Å². The van der Waals surface area contributed by atoms with E-state index in [1.54, 1.807) is 6.08 Å². The molecule has 0 aromatic heterocycles. The highest BCUT2D eigenvalue weighted by atomic mass is 16.1. The topological polar surface area (TPSA) is 32.3 Å². The predicted octanol–water partition coefficient (Wildman–Crippen LogP) is 3.93. The molecule has 23 heavy (non-hydrogen) atoms. The summed E-state index contributed by atoms with van der Waals surface area (Å²) in [5.41, 5.74) is 4.17. The monoisotopic (exact) mass is 306 g/mol. The first-order chi connectivity index (χ1) is 11.0. The largest absolute Gasteiger partial charge is 0.368 e. The van der Waals surface area contributed by atoms with Crippen LogP contribution in [0.5, 0.6) is 0 Å². The maximum atomic E-state index is 12.4. The van der Waals surface area contributed by atoms with Gasteiger partial charge in [0.25, 0.3) is 0 Å². The van der Waals surface area contributed by atoms with Gasteiger partial charge >= 0.3 is 0 Å². The highest BCUT2D eigenvalue weighted by Crippen LogP contribution is 2.36. The van der Waals surface area contributed by atoms with Gasteiger partial charge in [0.15, 0.2) is 0 Å². The van der Waals surface area contributed by atoms with Gasteiger partial charge in [0.1, 0.15) is 0 Å². The number of nitrogens with one attached hydrogen (secondary N) is 1. The molecule has 3 rings (SSSR count). The summed E-state index contributed by atoms with van der Waals surface area (Å²) < 4.78 is 0. The smallest absolute Gasteiger partial charge is 0.250 e. The maximum Gasteiger partial charge on any atom is 0.250 e. The summed E-state index contributed by atoms with van der Waals surface area (Å²) in [5.74, 6) is -0.106. The third-order valence-corrected chi connectivity index (χ3v) is 4.49. The van der Waals surface area contributed by atoms with Crippen molar-refractivity contribution in [3.63, 3.8) is 0 Å². The van der Waals surface area contributed by atoms with Crippen molar-refractivity contribution in [1.29, 1.82) is 0 Å². The first-order valence-electron chi connectivity index (χ1n) is 7.87. The molecule has 0 saturated carbocycles. The summed E-state index contributed by atoms with van der Waals surface area (Å²) in [7, 11) is 2.05. The highest BCUT2D eigenvalue weighted by molar-refractivity contribution is 6.04. The van der Waals surface area contributed by atoms with Gasteiger partial charge in [-0.2, -0.15) is 0 Å². The molecule has 0 spiro atoms. The minimum Gasteiger partial charge on any atom is -0.368 e. The molecule has 2 aromatic carbocycles. The number of amides is 1. The Hall–Kier alpha value is -2.55. The number of para-hydroxylation sites is 1. The quantitative estimate of drug-likeness (QED) is 0.853. The van der Waals surface area contributed by atoms with Crippen LogP contribution < -0.4 is 5.32 Å². The van der Waals surface area contributed by atoms with Crippen LogP contribution >= 0.6 is 0 Å². The molecule has 0 radical (unpaired) electrons. The zero-order valence-electron chi connectivity index (χ0n) is 13.8. The Labute approximate surface area is 137 Å². The van der Waals surface area contributed by atoms with E-state index in [4.69, 9.17) is 0 Å². The van der Waals surface area contributed by atoms with E-state index < -0.39 is 0 Å². The number of anilines is 1. The van der Waals surface area contributed by atoms with Gasteiger partial charge < -0.3 is 10.2 Å². The lowest BCUT2D eigenvalue weighted by atomic mass is 9.84. The Bertz CT molecular complexity index is 747. The van der Waals surface area contributed by atoms with E-state index in [0.29, 0.717) is 0 Å². The first kappa shape index (κ1) is 15.3. The molecule has 0 aliphatic carbocycles. The minimum atomic E-state index is -0.106. The van der Waals surface area contributed by atoms with Crippen molar-refractivity contribution < 1.29 is 4.79 Å². The summed E-state index contributed by atoms with van der Waals surface area (Å²) in [6.45, 7) is 4.40. The molecular weight excluding hydrogens is 284 g/mol. The molecule has 3 heteroatoms. The molecule has 1 N–H and O–H groups in total. The summed E-state index contributed by atoms with van der Waals surface area (Å²) in [6.07, 6.45) is 2.67. The van der Waals surface area contributed by atoms with Gasteiger partial charge in [-0.05, 0) is 38.0 Å². The lowest BCUT2D eigenvalue weighted by Gasteiger charge is -2.44. The number of nitrogens with zero attached hydrogens (tertiary/aromatic N) is 1. The number of hydrogen-bond acceptors (Lipinski definition) is 2. The van der Waals surface area contributed by atoms with E-state index in [-0.39, 0.29) is 11.4 Å². The Morgan fingerprint density at radius 1 is 1.09 bits per heavy atom. The minimum absolute atomic E-state index is 0.0206. The molecule has 118 valence electrons. The van der Waals surface area contributed by atoms with Crippen molar-refractivity contribution in [1.82, 2.24) is 4.90 Å². The number of fused-ring (bicyclic) bond motifs is 1. The third-order valence-electron chi connectivity index (χ3n) is 4.49. The maximum absolute atomic E-state index is 12.4. The molecule has 0 bridgehead atoms. The zero-order valence-corrected chi connectivity index (χ0v) is 13.8. The fourth-order valence-corrected chi connectivity index (χ4v) is 3.01. The lowest BCUT2D eigenvalue weighted by Crippen LogP contribution is -2.45. The van der Waals surface area contributed by atoms with E-state index in [1.807, 2.05) is 36.4 Å². The van der Waals surface area contributed by atoms with Crippen molar-refractivity contribution in [2.45, 2.75) is 25.8 Å². The van der Waals surface area contributed by atoms with Gasteiger partial charge in [-0.15, -0.1) is 0 Å². The SMILES string of the molecule is CN1/C(=C/C(=O)Nc2ccccc2)c2ccccc2CC1(C)C. The van der Waals surface area contributed by atoms with Crippen molar-refractivity contribution in [3.8, 4) is 0 Å². The number of carbonyl (C=O) groups is 1. The number of carbonyl (C=O) groups excluding carboxylic acids is 1. The van der Waals surface area contributed by atoms with Gasteiger partial charge in [0.2, 0.25) is 5.91 Å². The Kier molecular flexibility index (Phi) is 3.95. The van der Waals surface area contributed by atoms with Crippen molar-refractivity contribution in [2.75, 3.05) is 12.4 Å². The Morgan fingerprint density at radius 2 is 1.74 bits per heavy atom. The number of benzene rings is 2. The molecule has 1 amide bonds. The number of likely N-dealkylation sites (N-methyl/N-ethyl adjacent to an activating group) is 1. The van der Waals surface area contributed by atoms with E-state index in [0.717, 1.165) is 23.4 Å². The molecule has 1 heterocycles. The molecule has 0 saturated heterocycles. The van der Waals surface area contributed by atoms with Crippen LogP contribution in [0.1, 0.15) is 25.0 Å². The van der Waals surface area contributed by atoms with Crippen LogP contribution in [0.3, 0.4) is 0 Å². The van der Waals surface area contributed by atoms with Gasteiger partial charge in [0, 0.05) is 35.6 Å². The molecule has 2 aromatic rings. The van der Waals surface area contributed by atoms with Gasteiger partial charge in [0.05, 0.1) is 0 Å². The average molecular weight is 306 g/mol. The normalized spacial score (nSPS) is 17.7. The average Bonchev–Trinajstić information content (AvgIpc) is 2.52. The fourth-order valence-electron chi connectivity index (χ4n) is 3.01. The van der Waals surface area contributed by atoms with Crippen molar-refractivity contribution >= 4 is 17.3 Å². The standard InChI is InChI=1S/C20H22N2O/c1-20(2)14-15-9-7-8-12-17(15)18(22(20)3)13-19(23)21-16-10-5-4-6-11-16/h4-13H,14H2,1-3H3,(H,21,23)/b18-13+. The molecule has 1 aliphatic rings. The molecule has 0 unspecified atom stereocenters. The van der Waals surface area contributed by atoms with Gasteiger partial charge in [-0.3, -0.25) is 4.79 Å². The van der Waals surface area contributed by atoms with Crippen LogP contribution in [0.25, 0.3) is 5.70 Å². The molecule has 0 fully saturated rings. The molecule has 0 atom stereocenters. The summed E-state index contributed by atoms with van der Waals surface area (Å²) in [4.78, 5) is 14.6. The number of hydrogen-bond donors (Lipinski definition) is 1. The lowest BCUT2D eigenvalue weighted by molar-refractivity contribution is -0.111. The van der Waals surface area contributed by atoms with Gasteiger partial charge in [-0.25, -0.2) is 0 Å². The zero-order chi connectivity index (χ0) is 16.4. The van der Waals surface area contributed by atoms with E-state index in [1.165, 1.54) is 5.56 Å². The van der Waals surface area contributed by atoms with E-state index in [9.17, 15) is 4.79 Å². The van der Waals surface area contributed by atoms with Crippen LogP contribution in [0, 0.1) is 0 Å². The first-order valence-corrected chi connectivity index (χ1v) is 7.87. The second kappa shape index (κ2) is 5.92. The van der Waals surface area contributed by atoms with Crippen LogP contribution in [0.15, 0.2) is 60.7 Å². The fraction of sp³-hybridized carbons (Fsp3) is 0.250. The summed E-state index contributed by atoms with van der Waals surface area (Å²) in [6, 6.07) is 17.8. The Balaban J connectivity index is 1.95. The molecular formula is C20H22N2O.